The molecule has 3 aromatic rings. The predicted octanol–water partition coefficient (Wildman–Crippen LogP) is 1.99. The first-order chi connectivity index (χ1) is 11.8. The fourth-order valence-electron chi connectivity index (χ4n) is 3.02. The lowest BCUT2D eigenvalue weighted by Gasteiger charge is -2.24. The lowest BCUT2D eigenvalue weighted by atomic mass is 10.1. The van der Waals surface area contributed by atoms with Gasteiger partial charge in [-0.25, -0.2) is 9.97 Å². The van der Waals surface area contributed by atoms with Gasteiger partial charge in [-0.1, -0.05) is 0 Å². The largest absolute Gasteiger partial charge is 0.497 e. The summed E-state index contributed by atoms with van der Waals surface area (Å²) in [5.74, 6) is 2.31. The van der Waals surface area contributed by atoms with Gasteiger partial charge in [0.15, 0.2) is 5.82 Å². The number of nitrogens with zero attached hydrogens (tertiary/aromatic N) is 4. The van der Waals surface area contributed by atoms with E-state index in [0.29, 0.717) is 6.04 Å². The molecule has 1 aliphatic heterocycles. The summed E-state index contributed by atoms with van der Waals surface area (Å²) in [5, 5.41) is 6.85. The van der Waals surface area contributed by atoms with Crippen LogP contribution < -0.4 is 15.4 Å². The van der Waals surface area contributed by atoms with Crippen LogP contribution in [0.3, 0.4) is 0 Å². The van der Waals surface area contributed by atoms with Crippen LogP contribution in [0.5, 0.6) is 5.75 Å². The lowest BCUT2D eigenvalue weighted by Crippen LogP contribution is -2.38. The monoisotopic (exact) mass is 324 g/mol. The summed E-state index contributed by atoms with van der Waals surface area (Å²) in [7, 11) is 1.66. The molecule has 4 rings (SSSR count). The molecule has 2 aromatic heterocycles. The number of aromatic nitrogens is 4. The van der Waals surface area contributed by atoms with Gasteiger partial charge >= 0.3 is 0 Å². The zero-order valence-electron chi connectivity index (χ0n) is 13.6. The van der Waals surface area contributed by atoms with Gasteiger partial charge in [-0.2, -0.15) is 0 Å². The Hall–Kier alpha value is -2.67. The van der Waals surface area contributed by atoms with Gasteiger partial charge in [0.1, 0.15) is 17.9 Å². The van der Waals surface area contributed by atoms with Crippen LogP contribution in [0.25, 0.3) is 16.9 Å². The van der Waals surface area contributed by atoms with E-state index in [4.69, 9.17) is 9.72 Å². The molecule has 7 heteroatoms. The topological polar surface area (TPSA) is 76.9 Å². The van der Waals surface area contributed by atoms with E-state index in [1.54, 1.807) is 25.8 Å². The summed E-state index contributed by atoms with van der Waals surface area (Å²) < 4.78 is 7.24. The van der Waals surface area contributed by atoms with Crippen LogP contribution in [-0.4, -0.2) is 45.8 Å². The maximum atomic E-state index is 5.31. The Balaban J connectivity index is 1.65. The van der Waals surface area contributed by atoms with Crippen molar-refractivity contribution in [1.82, 2.24) is 24.8 Å². The van der Waals surface area contributed by atoms with Gasteiger partial charge in [0, 0.05) is 18.7 Å². The van der Waals surface area contributed by atoms with Crippen LogP contribution in [0.2, 0.25) is 0 Å². The van der Waals surface area contributed by atoms with E-state index in [1.165, 1.54) is 6.42 Å². The number of hydrogen-bond donors (Lipinski definition) is 2. The fraction of sp³-hybridized carbons (Fsp3) is 0.353. The molecule has 0 aliphatic carbocycles. The zero-order chi connectivity index (χ0) is 16.4. The second kappa shape index (κ2) is 6.45. The molecule has 1 fully saturated rings. The number of nitrogens with one attached hydrogen (secondary N) is 2. The number of benzene rings is 1. The molecule has 1 atom stereocenters. The number of fused-ring (bicyclic) bond motifs is 1. The summed E-state index contributed by atoms with van der Waals surface area (Å²) in [6.07, 6.45) is 7.59. The molecule has 1 aromatic carbocycles. The van der Waals surface area contributed by atoms with Crippen molar-refractivity contribution in [3.05, 3.63) is 36.9 Å². The second-order valence-corrected chi connectivity index (χ2v) is 5.92. The quantitative estimate of drug-likeness (QED) is 0.764. The van der Waals surface area contributed by atoms with Crippen molar-refractivity contribution in [3.8, 4) is 11.6 Å². The minimum Gasteiger partial charge on any atom is -0.497 e. The Bertz CT molecular complexity index is 840. The highest BCUT2D eigenvalue weighted by atomic mass is 16.5. The van der Waals surface area contributed by atoms with Crippen molar-refractivity contribution in [1.29, 1.82) is 0 Å². The van der Waals surface area contributed by atoms with Crippen molar-refractivity contribution in [2.75, 3.05) is 25.5 Å². The maximum absolute atomic E-state index is 5.31. The van der Waals surface area contributed by atoms with Gasteiger partial charge in [-0.15, -0.1) is 0 Å². The second-order valence-electron chi connectivity index (χ2n) is 5.92. The van der Waals surface area contributed by atoms with Gasteiger partial charge in [0.25, 0.3) is 0 Å². The van der Waals surface area contributed by atoms with E-state index >= 15 is 0 Å². The summed E-state index contributed by atoms with van der Waals surface area (Å²) >= 11 is 0. The molecule has 0 bridgehead atoms. The average Bonchev–Trinajstić information content (AvgIpc) is 3.06. The van der Waals surface area contributed by atoms with Crippen LogP contribution in [0.1, 0.15) is 12.8 Å². The van der Waals surface area contributed by atoms with Gasteiger partial charge in [-0.3, -0.25) is 9.55 Å². The van der Waals surface area contributed by atoms with Gasteiger partial charge in [0.2, 0.25) is 0 Å². The molecule has 124 valence electrons. The molecule has 1 aliphatic rings. The van der Waals surface area contributed by atoms with E-state index in [0.717, 1.165) is 47.9 Å². The predicted molar refractivity (Wildman–Crippen MR) is 92.7 cm³/mol. The van der Waals surface area contributed by atoms with Gasteiger partial charge in [-0.05, 0) is 31.5 Å². The average molecular weight is 324 g/mol. The third kappa shape index (κ3) is 2.90. The van der Waals surface area contributed by atoms with Crippen molar-refractivity contribution in [3.63, 3.8) is 0 Å². The first kappa shape index (κ1) is 14.9. The van der Waals surface area contributed by atoms with Gasteiger partial charge in [0.05, 0.1) is 30.5 Å². The standard InChI is InChI=1S/C17H20N6O/c1-24-13-4-5-14-15(7-13)23(11-20-14)17-10-19-9-16(22-17)21-12-3-2-6-18-8-12/h4-5,7,9-12,18H,2-3,6,8H2,1H3,(H,21,22). The number of rotatable bonds is 4. The first-order valence-corrected chi connectivity index (χ1v) is 8.14. The molecule has 0 spiro atoms. The highest BCUT2D eigenvalue weighted by Crippen LogP contribution is 2.22. The highest BCUT2D eigenvalue weighted by molar-refractivity contribution is 5.78. The van der Waals surface area contributed by atoms with Crippen LogP contribution in [-0.2, 0) is 0 Å². The number of ether oxygens (including phenoxy) is 1. The van der Waals surface area contributed by atoms with Crippen LogP contribution in [0, 0.1) is 0 Å². The molecule has 1 unspecified atom stereocenters. The SMILES string of the molecule is COc1ccc2ncn(-c3cncc(NC4CCCNC4)n3)c2c1. The molecule has 7 nitrogen and oxygen atoms in total. The summed E-state index contributed by atoms with van der Waals surface area (Å²) in [5.41, 5.74) is 1.84. The minimum absolute atomic E-state index is 0.392. The van der Waals surface area contributed by atoms with Gasteiger partial charge < -0.3 is 15.4 Å². The number of piperidine rings is 1. The van der Waals surface area contributed by atoms with Crippen LogP contribution >= 0.6 is 0 Å². The summed E-state index contributed by atoms with van der Waals surface area (Å²) in [4.78, 5) is 13.5. The maximum Gasteiger partial charge on any atom is 0.159 e. The Morgan fingerprint density at radius 3 is 3.12 bits per heavy atom. The summed E-state index contributed by atoms with van der Waals surface area (Å²) in [6, 6.07) is 6.19. The molecule has 2 N–H and O–H groups in total. The highest BCUT2D eigenvalue weighted by Gasteiger charge is 2.14. The Morgan fingerprint density at radius 1 is 1.33 bits per heavy atom. The molecular formula is C17H20N6O. The molecule has 0 radical (unpaired) electrons. The van der Waals surface area contributed by atoms with E-state index < -0.39 is 0 Å². The Kier molecular flexibility index (Phi) is 4.00. The molecule has 1 saturated heterocycles. The Labute approximate surface area is 140 Å². The number of hydrogen-bond acceptors (Lipinski definition) is 6. The van der Waals surface area contributed by atoms with E-state index in [9.17, 15) is 0 Å². The van der Waals surface area contributed by atoms with Crippen molar-refractivity contribution in [2.45, 2.75) is 18.9 Å². The molecule has 0 amide bonds. The summed E-state index contributed by atoms with van der Waals surface area (Å²) in [6.45, 7) is 2.05. The van der Waals surface area contributed by atoms with E-state index in [-0.39, 0.29) is 0 Å². The molecule has 24 heavy (non-hydrogen) atoms. The minimum atomic E-state index is 0.392. The van der Waals surface area contributed by atoms with E-state index in [1.807, 2.05) is 22.8 Å². The number of anilines is 1. The lowest BCUT2D eigenvalue weighted by molar-refractivity contribution is 0.415. The Morgan fingerprint density at radius 2 is 2.29 bits per heavy atom. The van der Waals surface area contributed by atoms with E-state index in [2.05, 4.69) is 20.6 Å². The zero-order valence-corrected chi connectivity index (χ0v) is 13.6. The van der Waals surface area contributed by atoms with Crippen molar-refractivity contribution in [2.24, 2.45) is 0 Å². The van der Waals surface area contributed by atoms with Crippen LogP contribution in [0.4, 0.5) is 5.82 Å². The first-order valence-electron chi connectivity index (χ1n) is 8.14. The van der Waals surface area contributed by atoms with Crippen molar-refractivity contribution < 1.29 is 4.74 Å². The fourth-order valence-corrected chi connectivity index (χ4v) is 3.02. The normalized spacial score (nSPS) is 17.8. The van der Waals surface area contributed by atoms with Crippen LogP contribution in [0.15, 0.2) is 36.9 Å². The number of methoxy groups -OCH3 is 1. The molecular weight excluding hydrogens is 304 g/mol. The molecule has 0 saturated carbocycles. The third-order valence-electron chi connectivity index (χ3n) is 4.27. The van der Waals surface area contributed by atoms with Crippen molar-refractivity contribution >= 4 is 16.9 Å². The molecule has 3 heterocycles. The number of imidazole rings is 1. The third-order valence-corrected chi connectivity index (χ3v) is 4.27. The smallest absolute Gasteiger partial charge is 0.159 e.